The van der Waals surface area contributed by atoms with Gasteiger partial charge in [0.2, 0.25) is 11.6 Å². The summed E-state index contributed by atoms with van der Waals surface area (Å²) < 4.78 is 11.7. The van der Waals surface area contributed by atoms with Crippen LogP contribution in [0.25, 0.3) is 0 Å². The van der Waals surface area contributed by atoms with Gasteiger partial charge in [-0.2, -0.15) is 4.80 Å². The van der Waals surface area contributed by atoms with E-state index in [9.17, 15) is 9.59 Å². The third-order valence-corrected chi connectivity index (χ3v) is 3.58. The average Bonchev–Trinajstić information content (AvgIpc) is 3.20. The fourth-order valence-corrected chi connectivity index (χ4v) is 2.29. The number of ether oxygens (including phenoxy) is 2. The first-order chi connectivity index (χ1) is 11.6. The van der Waals surface area contributed by atoms with Crippen molar-refractivity contribution in [2.75, 3.05) is 33.4 Å². The number of aryl methyl sites for hydroxylation is 1. The Bertz CT molecular complexity index is 765. The Kier molecular flexibility index (Phi) is 4.66. The van der Waals surface area contributed by atoms with E-state index in [2.05, 4.69) is 25.5 Å². The zero-order valence-electron chi connectivity index (χ0n) is 13.4. The lowest BCUT2D eigenvalue weighted by Crippen LogP contribution is -2.43. The molecule has 2 aromatic rings. The fourth-order valence-electron chi connectivity index (χ4n) is 2.29. The van der Waals surface area contributed by atoms with Crippen molar-refractivity contribution in [3.63, 3.8) is 0 Å². The molecule has 24 heavy (non-hydrogen) atoms. The molecular formula is C12H18N8O4. The summed E-state index contributed by atoms with van der Waals surface area (Å²) in [4.78, 5) is 29.2. The lowest BCUT2D eigenvalue weighted by Gasteiger charge is -2.30. The van der Waals surface area contributed by atoms with Gasteiger partial charge in [-0.3, -0.25) is 9.78 Å². The molecule has 1 unspecified atom stereocenters. The highest BCUT2D eigenvalue weighted by Gasteiger charge is 2.30. The molecule has 0 aliphatic carbocycles. The van der Waals surface area contributed by atoms with E-state index in [1.54, 1.807) is 12.0 Å². The van der Waals surface area contributed by atoms with E-state index in [0.717, 1.165) is 4.68 Å². The third kappa shape index (κ3) is 3.33. The number of tetrazole rings is 1. The summed E-state index contributed by atoms with van der Waals surface area (Å²) in [7, 11) is 3.06. The van der Waals surface area contributed by atoms with Gasteiger partial charge in [0.15, 0.2) is 0 Å². The Balaban J connectivity index is 1.68. The minimum atomic E-state index is -0.477. The standard InChI is InChI=1S/C12H18N8O4/c1-18-12(22)13-10(15-18)11(21)19-3-6-24-8(7-19)9-14-17-20(16-9)4-5-23-2/h8H,3-7H2,1-2H3,(H,13,15,22). The topological polar surface area (TPSA) is 133 Å². The minimum Gasteiger partial charge on any atom is -0.383 e. The Labute approximate surface area is 136 Å². The Morgan fingerprint density at radius 2 is 2.29 bits per heavy atom. The number of H-pyrrole nitrogens is 1. The van der Waals surface area contributed by atoms with Gasteiger partial charge in [0.05, 0.1) is 26.3 Å². The van der Waals surface area contributed by atoms with E-state index in [1.807, 2.05) is 0 Å². The predicted octanol–water partition coefficient (Wildman–Crippen LogP) is -2.04. The van der Waals surface area contributed by atoms with Crippen LogP contribution in [0.4, 0.5) is 0 Å². The van der Waals surface area contributed by atoms with E-state index in [4.69, 9.17) is 9.47 Å². The SMILES string of the molecule is COCCn1nnc(C2CN(C(=O)c3nn(C)c(=O)[nH]3)CCO2)n1. The number of carbonyl (C=O) groups excluding carboxylic acids is 1. The van der Waals surface area contributed by atoms with Crippen LogP contribution in [0.3, 0.4) is 0 Å². The second kappa shape index (κ2) is 6.88. The molecule has 0 saturated carbocycles. The largest absolute Gasteiger partial charge is 0.383 e. The van der Waals surface area contributed by atoms with Crippen molar-refractivity contribution in [2.24, 2.45) is 7.05 Å². The molecule has 3 rings (SSSR count). The zero-order valence-corrected chi connectivity index (χ0v) is 13.4. The van der Waals surface area contributed by atoms with Gasteiger partial charge in [-0.1, -0.05) is 0 Å². The molecule has 1 aliphatic heterocycles. The summed E-state index contributed by atoms with van der Waals surface area (Å²) in [6, 6.07) is 0. The van der Waals surface area contributed by atoms with Gasteiger partial charge in [-0.25, -0.2) is 9.48 Å². The molecule has 3 heterocycles. The zero-order chi connectivity index (χ0) is 17.1. The van der Waals surface area contributed by atoms with Gasteiger partial charge in [0.25, 0.3) is 5.91 Å². The molecule has 12 nitrogen and oxygen atoms in total. The molecular weight excluding hydrogens is 320 g/mol. The van der Waals surface area contributed by atoms with E-state index in [-0.39, 0.29) is 18.3 Å². The summed E-state index contributed by atoms with van der Waals surface area (Å²) in [6.45, 7) is 1.94. The van der Waals surface area contributed by atoms with Crippen LogP contribution < -0.4 is 5.69 Å². The molecule has 1 N–H and O–H groups in total. The highest BCUT2D eigenvalue weighted by Crippen LogP contribution is 2.19. The van der Waals surface area contributed by atoms with Crippen molar-refractivity contribution in [2.45, 2.75) is 12.6 Å². The number of nitrogens with one attached hydrogen (secondary N) is 1. The summed E-state index contributed by atoms with van der Waals surface area (Å²) in [6.07, 6.45) is -0.477. The number of methoxy groups -OCH3 is 1. The molecule has 2 aromatic heterocycles. The molecule has 0 radical (unpaired) electrons. The number of rotatable bonds is 5. The van der Waals surface area contributed by atoms with Crippen LogP contribution in [0.5, 0.6) is 0 Å². The van der Waals surface area contributed by atoms with E-state index >= 15 is 0 Å². The van der Waals surface area contributed by atoms with Gasteiger partial charge in [-0.15, -0.1) is 15.3 Å². The van der Waals surface area contributed by atoms with Gasteiger partial charge in [0.1, 0.15) is 6.10 Å². The Morgan fingerprint density at radius 1 is 1.46 bits per heavy atom. The monoisotopic (exact) mass is 338 g/mol. The van der Waals surface area contributed by atoms with Crippen LogP contribution in [-0.2, 0) is 23.1 Å². The second-order valence-corrected chi connectivity index (χ2v) is 5.25. The van der Waals surface area contributed by atoms with E-state index in [0.29, 0.717) is 32.1 Å². The summed E-state index contributed by atoms with van der Waals surface area (Å²) in [5.74, 6) is 0.0331. The first-order valence-corrected chi connectivity index (χ1v) is 7.39. The molecule has 0 aromatic carbocycles. The Morgan fingerprint density at radius 3 is 3.00 bits per heavy atom. The number of hydrogen-bond acceptors (Lipinski definition) is 8. The molecule has 1 fully saturated rings. The van der Waals surface area contributed by atoms with Crippen molar-refractivity contribution < 1.29 is 14.3 Å². The highest BCUT2D eigenvalue weighted by molar-refractivity contribution is 5.90. The summed E-state index contributed by atoms with van der Waals surface area (Å²) >= 11 is 0. The maximum absolute atomic E-state index is 12.4. The number of hydrogen-bond donors (Lipinski definition) is 1. The number of morpholine rings is 1. The van der Waals surface area contributed by atoms with E-state index < -0.39 is 11.8 Å². The van der Waals surface area contributed by atoms with Crippen molar-refractivity contribution in [3.8, 4) is 0 Å². The van der Waals surface area contributed by atoms with Crippen molar-refractivity contribution >= 4 is 5.91 Å². The van der Waals surface area contributed by atoms with Crippen LogP contribution in [-0.4, -0.2) is 79.2 Å². The van der Waals surface area contributed by atoms with Crippen LogP contribution in [0.15, 0.2) is 4.79 Å². The number of aromatic nitrogens is 7. The van der Waals surface area contributed by atoms with E-state index in [1.165, 1.54) is 11.8 Å². The molecule has 1 amide bonds. The molecule has 0 bridgehead atoms. The van der Waals surface area contributed by atoms with Gasteiger partial charge >= 0.3 is 5.69 Å². The van der Waals surface area contributed by atoms with Gasteiger partial charge < -0.3 is 14.4 Å². The number of aromatic amines is 1. The molecule has 12 heteroatoms. The molecule has 1 atom stereocenters. The maximum Gasteiger partial charge on any atom is 0.343 e. The third-order valence-electron chi connectivity index (χ3n) is 3.58. The van der Waals surface area contributed by atoms with Gasteiger partial charge in [0, 0.05) is 20.7 Å². The van der Waals surface area contributed by atoms with Crippen LogP contribution in [0.2, 0.25) is 0 Å². The predicted molar refractivity (Wildman–Crippen MR) is 78.1 cm³/mol. The number of carbonyl (C=O) groups is 1. The summed E-state index contributed by atoms with van der Waals surface area (Å²) in [5, 5.41) is 16.0. The average molecular weight is 338 g/mol. The number of amides is 1. The number of nitrogens with zero attached hydrogens (tertiary/aromatic N) is 7. The van der Waals surface area contributed by atoms with Crippen LogP contribution in [0.1, 0.15) is 22.5 Å². The fraction of sp³-hybridized carbons (Fsp3) is 0.667. The lowest BCUT2D eigenvalue weighted by atomic mass is 10.2. The lowest BCUT2D eigenvalue weighted by molar-refractivity contribution is -0.0273. The normalized spacial score (nSPS) is 18.1. The van der Waals surface area contributed by atoms with Crippen LogP contribution >= 0.6 is 0 Å². The first kappa shape index (κ1) is 16.3. The highest BCUT2D eigenvalue weighted by atomic mass is 16.5. The summed E-state index contributed by atoms with van der Waals surface area (Å²) in [5.41, 5.74) is -0.439. The van der Waals surface area contributed by atoms with Crippen molar-refractivity contribution in [3.05, 3.63) is 22.1 Å². The Hall–Kier alpha value is -2.60. The smallest absolute Gasteiger partial charge is 0.343 e. The molecule has 130 valence electrons. The van der Waals surface area contributed by atoms with Gasteiger partial charge in [-0.05, 0) is 5.21 Å². The molecule has 1 aliphatic rings. The quantitative estimate of drug-likeness (QED) is 0.659. The maximum atomic E-state index is 12.4. The second-order valence-electron chi connectivity index (χ2n) is 5.25. The first-order valence-electron chi connectivity index (χ1n) is 7.39. The van der Waals surface area contributed by atoms with Crippen molar-refractivity contribution in [1.82, 2.24) is 39.9 Å². The minimum absolute atomic E-state index is 0.000131. The van der Waals surface area contributed by atoms with Crippen molar-refractivity contribution in [1.29, 1.82) is 0 Å². The van der Waals surface area contributed by atoms with Crippen LogP contribution in [0, 0.1) is 0 Å². The molecule has 0 spiro atoms. The molecule has 1 saturated heterocycles.